The smallest absolute Gasteiger partial charge is 0.270 e. The number of aromatic amines is 1. The van der Waals surface area contributed by atoms with Gasteiger partial charge in [0.1, 0.15) is 11.6 Å². The number of ether oxygens (including phenoxy) is 2. The Labute approximate surface area is 190 Å². The molecule has 0 radical (unpaired) electrons. The van der Waals surface area contributed by atoms with Gasteiger partial charge in [-0.25, -0.2) is 4.98 Å². The number of H-pyrrole nitrogens is 1. The molecule has 0 aliphatic heterocycles. The van der Waals surface area contributed by atoms with Gasteiger partial charge in [-0.2, -0.15) is 5.26 Å². The number of hydrogen-bond acceptors (Lipinski definition) is 7. The molecular weight excluding hydrogens is 484 g/mol. The molecule has 1 amide bonds. The van der Waals surface area contributed by atoms with Crippen LogP contribution in [0.5, 0.6) is 11.5 Å². The zero-order valence-electron chi connectivity index (χ0n) is 16.6. The SMILES string of the molecule is COc1cc(-c2nc(SC)[nH]c(=O)c2C#N)ccc1OCC(=O)Nc1ccc(Br)cc1. The lowest BCUT2D eigenvalue weighted by Gasteiger charge is -2.13. The number of anilines is 1. The molecule has 1 heterocycles. The highest BCUT2D eigenvalue weighted by atomic mass is 79.9. The Morgan fingerprint density at radius 3 is 2.65 bits per heavy atom. The van der Waals surface area contributed by atoms with Gasteiger partial charge in [0, 0.05) is 15.7 Å². The van der Waals surface area contributed by atoms with E-state index in [-0.39, 0.29) is 23.8 Å². The molecule has 2 N–H and O–H groups in total. The molecule has 0 bridgehead atoms. The highest BCUT2D eigenvalue weighted by Crippen LogP contribution is 2.33. The van der Waals surface area contributed by atoms with E-state index in [1.54, 1.807) is 36.6 Å². The van der Waals surface area contributed by atoms with E-state index >= 15 is 0 Å². The molecule has 3 aromatic rings. The summed E-state index contributed by atoms with van der Waals surface area (Å²) in [4.78, 5) is 31.2. The second kappa shape index (κ2) is 10.1. The monoisotopic (exact) mass is 500 g/mol. The highest BCUT2D eigenvalue weighted by molar-refractivity contribution is 9.10. The molecule has 0 spiro atoms. The van der Waals surface area contributed by atoms with Crippen LogP contribution in [0, 0.1) is 11.3 Å². The van der Waals surface area contributed by atoms with Crippen LogP contribution in [0.15, 0.2) is 56.9 Å². The molecule has 0 aliphatic carbocycles. The summed E-state index contributed by atoms with van der Waals surface area (Å²) in [5.41, 5.74) is 0.797. The first-order chi connectivity index (χ1) is 14.9. The van der Waals surface area contributed by atoms with Crippen molar-refractivity contribution in [1.82, 2.24) is 9.97 Å². The summed E-state index contributed by atoms with van der Waals surface area (Å²) in [7, 11) is 1.46. The van der Waals surface area contributed by atoms with Crippen molar-refractivity contribution in [2.45, 2.75) is 5.16 Å². The molecule has 0 fully saturated rings. The summed E-state index contributed by atoms with van der Waals surface area (Å²) in [6.07, 6.45) is 1.77. The average Bonchev–Trinajstić information content (AvgIpc) is 2.78. The molecule has 31 heavy (non-hydrogen) atoms. The van der Waals surface area contributed by atoms with Crippen LogP contribution in [0.3, 0.4) is 0 Å². The fourth-order valence-corrected chi connectivity index (χ4v) is 3.31. The van der Waals surface area contributed by atoms with Gasteiger partial charge in [0.2, 0.25) is 0 Å². The number of rotatable bonds is 7. The topological polar surface area (TPSA) is 117 Å². The van der Waals surface area contributed by atoms with Crippen LogP contribution in [0.25, 0.3) is 11.3 Å². The maximum absolute atomic E-state index is 12.2. The summed E-state index contributed by atoms with van der Waals surface area (Å²) in [5.74, 6) is 0.345. The van der Waals surface area contributed by atoms with E-state index < -0.39 is 5.56 Å². The first-order valence-corrected chi connectivity index (χ1v) is 10.9. The predicted molar refractivity (Wildman–Crippen MR) is 122 cm³/mol. The standard InChI is InChI=1S/C21H17BrN4O4S/c1-29-17-9-12(19-15(10-23)20(28)26-21(25-19)31-2)3-8-16(17)30-11-18(27)24-14-6-4-13(22)5-7-14/h3-9H,11H2,1-2H3,(H,24,27)(H,25,26,28). The molecule has 158 valence electrons. The van der Waals surface area contributed by atoms with Gasteiger partial charge >= 0.3 is 0 Å². The summed E-state index contributed by atoms with van der Waals surface area (Å²) in [6, 6.07) is 13.9. The summed E-state index contributed by atoms with van der Waals surface area (Å²) in [5, 5.41) is 12.5. The molecular formula is C21H17BrN4O4S. The van der Waals surface area contributed by atoms with E-state index in [9.17, 15) is 14.9 Å². The number of aromatic nitrogens is 2. The van der Waals surface area contributed by atoms with Gasteiger partial charge in [0.25, 0.3) is 11.5 Å². The largest absolute Gasteiger partial charge is 0.493 e. The zero-order valence-corrected chi connectivity index (χ0v) is 19.0. The van der Waals surface area contributed by atoms with Crippen molar-refractivity contribution in [3.05, 3.63) is 62.9 Å². The van der Waals surface area contributed by atoms with E-state index in [2.05, 4.69) is 31.2 Å². The molecule has 0 unspecified atom stereocenters. The van der Waals surface area contributed by atoms with Gasteiger partial charge in [-0.1, -0.05) is 27.7 Å². The minimum absolute atomic E-state index is 0.0950. The third kappa shape index (κ3) is 5.45. The van der Waals surface area contributed by atoms with Crippen LogP contribution < -0.4 is 20.3 Å². The van der Waals surface area contributed by atoms with Crippen LogP contribution in [0.2, 0.25) is 0 Å². The molecule has 10 heteroatoms. The van der Waals surface area contributed by atoms with Crippen molar-refractivity contribution < 1.29 is 14.3 Å². The molecule has 0 aliphatic rings. The minimum Gasteiger partial charge on any atom is -0.493 e. The van der Waals surface area contributed by atoms with E-state index in [1.165, 1.54) is 18.9 Å². The molecule has 0 atom stereocenters. The summed E-state index contributed by atoms with van der Waals surface area (Å²) >= 11 is 4.60. The number of nitrogens with one attached hydrogen (secondary N) is 2. The van der Waals surface area contributed by atoms with Crippen LogP contribution >= 0.6 is 27.7 Å². The van der Waals surface area contributed by atoms with Gasteiger partial charge in [-0.05, 0) is 48.7 Å². The van der Waals surface area contributed by atoms with Crippen molar-refractivity contribution in [3.8, 4) is 28.8 Å². The van der Waals surface area contributed by atoms with E-state index in [0.29, 0.717) is 27.9 Å². The quantitative estimate of drug-likeness (QED) is 0.374. The van der Waals surface area contributed by atoms with Gasteiger partial charge in [0.15, 0.2) is 23.3 Å². The van der Waals surface area contributed by atoms with E-state index in [4.69, 9.17) is 9.47 Å². The number of hydrogen-bond donors (Lipinski definition) is 2. The number of nitriles is 1. The number of carbonyl (C=O) groups excluding carboxylic acids is 1. The Balaban J connectivity index is 1.80. The van der Waals surface area contributed by atoms with Crippen molar-refractivity contribution in [2.24, 2.45) is 0 Å². The van der Waals surface area contributed by atoms with Gasteiger partial charge in [0.05, 0.1) is 12.8 Å². The predicted octanol–water partition coefficient (Wildman–Crippen LogP) is 3.82. The third-order valence-electron chi connectivity index (χ3n) is 4.13. The Hall–Kier alpha value is -3.29. The average molecular weight is 501 g/mol. The number of halogens is 1. The molecule has 0 saturated carbocycles. The van der Waals surface area contributed by atoms with Crippen LogP contribution in [0.4, 0.5) is 5.69 Å². The van der Waals surface area contributed by atoms with Gasteiger partial charge in [-0.15, -0.1) is 0 Å². The van der Waals surface area contributed by atoms with Crippen LogP contribution in [0.1, 0.15) is 5.56 Å². The third-order valence-corrected chi connectivity index (χ3v) is 5.24. The fraction of sp³-hybridized carbons (Fsp3) is 0.143. The Kier molecular flexibility index (Phi) is 7.33. The molecule has 8 nitrogen and oxygen atoms in total. The molecule has 2 aromatic carbocycles. The molecule has 1 aromatic heterocycles. The number of nitrogens with zero attached hydrogens (tertiary/aromatic N) is 2. The second-order valence-electron chi connectivity index (χ2n) is 6.12. The van der Waals surface area contributed by atoms with Crippen molar-refractivity contribution in [1.29, 1.82) is 5.26 Å². The molecule has 3 rings (SSSR count). The number of thioether (sulfide) groups is 1. The highest BCUT2D eigenvalue weighted by Gasteiger charge is 2.16. The number of benzene rings is 2. The van der Waals surface area contributed by atoms with E-state index in [1.807, 2.05) is 18.2 Å². The lowest BCUT2D eigenvalue weighted by atomic mass is 10.1. The first kappa shape index (κ1) is 22.4. The van der Waals surface area contributed by atoms with Crippen molar-refractivity contribution in [2.75, 3.05) is 25.3 Å². The van der Waals surface area contributed by atoms with Gasteiger partial charge < -0.3 is 19.8 Å². The maximum atomic E-state index is 12.2. The Morgan fingerprint density at radius 2 is 2.00 bits per heavy atom. The lowest BCUT2D eigenvalue weighted by Crippen LogP contribution is -2.20. The maximum Gasteiger partial charge on any atom is 0.270 e. The molecule has 0 saturated heterocycles. The van der Waals surface area contributed by atoms with Gasteiger partial charge in [-0.3, -0.25) is 9.59 Å². The van der Waals surface area contributed by atoms with E-state index in [0.717, 1.165) is 4.47 Å². The number of amides is 1. The summed E-state index contributed by atoms with van der Waals surface area (Å²) in [6.45, 7) is -0.227. The van der Waals surface area contributed by atoms with Crippen molar-refractivity contribution >= 4 is 39.3 Å². The fourth-order valence-electron chi connectivity index (χ4n) is 2.67. The Bertz CT molecular complexity index is 1210. The van der Waals surface area contributed by atoms with Crippen LogP contribution in [-0.4, -0.2) is 35.8 Å². The minimum atomic E-state index is -0.513. The summed E-state index contributed by atoms with van der Waals surface area (Å²) < 4.78 is 11.9. The Morgan fingerprint density at radius 1 is 1.26 bits per heavy atom. The first-order valence-electron chi connectivity index (χ1n) is 8.90. The number of carbonyl (C=O) groups is 1. The second-order valence-corrected chi connectivity index (χ2v) is 7.83. The zero-order chi connectivity index (χ0) is 22.4. The van der Waals surface area contributed by atoms with Crippen molar-refractivity contribution in [3.63, 3.8) is 0 Å². The van der Waals surface area contributed by atoms with Crippen LogP contribution in [-0.2, 0) is 4.79 Å². The number of methoxy groups -OCH3 is 1. The lowest BCUT2D eigenvalue weighted by molar-refractivity contribution is -0.118. The normalized spacial score (nSPS) is 10.3.